The molecule has 1 aromatic carbocycles. The van der Waals surface area contributed by atoms with Crippen LogP contribution in [0.25, 0.3) is 0 Å². The number of nitrogens with one attached hydrogen (secondary N) is 2. The lowest BCUT2D eigenvalue weighted by atomic mass is 9.95. The van der Waals surface area contributed by atoms with Gasteiger partial charge in [0.05, 0.1) is 23.9 Å². The molecule has 0 fully saturated rings. The Bertz CT molecular complexity index is 1250. The van der Waals surface area contributed by atoms with E-state index in [0.29, 0.717) is 28.0 Å². The first-order valence-electron chi connectivity index (χ1n) is 9.95. The molecule has 12 nitrogen and oxygen atoms in total. The molecule has 3 rings (SSSR count). The van der Waals surface area contributed by atoms with Crippen LogP contribution in [-0.2, 0) is 9.53 Å². The summed E-state index contributed by atoms with van der Waals surface area (Å²) in [5.41, 5.74) is 13.3. The maximum atomic E-state index is 11.9. The fourth-order valence-electron chi connectivity index (χ4n) is 3.34. The van der Waals surface area contributed by atoms with Gasteiger partial charge in [0.15, 0.2) is 23.8 Å². The van der Waals surface area contributed by atoms with E-state index in [1.54, 1.807) is 32.2 Å². The van der Waals surface area contributed by atoms with Crippen LogP contribution in [0.1, 0.15) is 36.6 Å². The highest BCUT2D eigenvalue weighted by molar-refractivity contribution is 9.10. The summed E-state index contributed by atoms with van der Waals surface area (Å²) in [4.78, 5) is 20.6. The van der Waals surface area contributed by atoms with Gasteiger partial charge in [-0.3, -0.25) is 5.32 Å². The Morgan fingerprint density at radius 3 is 2.74 bits per heavy atom. The third kappa shape index (κ3) is 4.60. The van der Waals surface area contributed by atoms with Crippen molar-refractivity contribution in [2.45, 2.75) is 26.0 Å². The first-order valence-corrected chi connectivity index (χ1v) is 10.7. The van der Waals surface area contributed by atoms with Crippen molar-refractivity contribution in [3.63, 3.8) is 0 Å². The number of nitrogens with two attached hydrogens (primary N) is 2. The zero-order valence-corrected chi connectivity index (χ0v) is 20.1. The molecule has 2 unspecified atom stereocenters. The Kier molecular flexibility index (Phi) is 7.28. The molecule has 0 aliphatic carbocycles. The quantitative estimate of drug-likeness (QED) is 0.243. The number of nitriles is 2. The number of aliphatic imine (C=N–C) groups is 1. The van der Waals surface area contributed by atoms with Crippen molar-refractivity contribution in [3.05, 3.63) is 33.3 Å². The third-order valence-corrected chi connectivity index (χ3v) is 5.42. The zero-order valence-electron chi connectivity index (χ0n) is 18.5. The van der Waals surface area contributed by atoms with E-state index in [0.717, 1.165) is 0 Å². The van der Waals surface area contributed by atoms with Gasteiger partial charge in [-0.25, -0.2) is 14.8 Å². The van der Waals surface area contributed by atoms with Crippen molar-refractivity contribution in [2.75, 3.05) is 30.5 Å². The first-order chi connectivity index (χ1) is 16.2. The summed E-state index contributed by atoms with van der Waals surface area (Å²) < 4.78 is 16.7. The molecule has 176 valence electrons. The van der Waals surface area contributed by atoms with Crippen molar-refractivity contribution in [1.29, 1.82) is 10.5 Å². The molecule has 1 aliphatic heterocycles. The van der Waals surface area contributed by atoms with E-state index in [-0.39, 0.29) is 34.6 Å². The topological polar surface area (TPSA) is 194 Å². The molecule has 0 radical (unpaired) electrons. The highest BCUT2D eigenvalue weighted by Gasteiger charge is 2.31. The molecule has 13 heteroatoms. The number of anilines is 3. The van der Waals surface area contributed by atoms with Gasteiger partial charge in [0, 0.05) is 5.56 Å². The minimum Gasteiger partial charge on any atom is -0.490 e. The van der Waals surface area contributed by atoms with Crippen molar-refractivity contribution < 1.29 is 19.0 Å². The van der Waals surface area contributed by atoms with Crippen LogP contribution in [0.4, 0.5) is 17.3 Å². The number of esters is 1. The van der Waals surface area contributed by atoms with Crippen molar-refractivity contribution >= 4 is 45.2 Å². The lowest BCUT2D eigenvalue weighted by molar-refractivity contribution is -0.147. The van der Waals surface area contributed by atoms with E-state index in [1.807, 2.05) is 6.07 Å². The summed E-state index contributed by atoms with van der Waals surface area (Å²) in [5.74, 6) is 0.376. The molecule has 6 N–H and O–H groups in total. The predicted molar refractivity (Wildman–Crippen MR) is 127 cm³/mol. The molecule has 0 amide bonds. The van der Waals surface area contributed by atoms with Crippen LogP contribution in [0.5, 0.6) is 11.5 Å². The molecular formula is C21H21BrN8O4. The van der Waals surface area contributed by atoms with Gasteiger partial charge in [0.25, 0.3) is 0 Å². The Labute approximate surface area is 203 Å². The van der Waals surface area contributed by atoms with Gasteiger partial charge in [-0.05, 0) is 47.5 Å². The van der Waals surface area contributed by atoms with Gasteiger partial charge < -0.3 is 31.0 Å². The zero-order chi connectivity index (χ0) is 25.0. The van der Waals surface area contributed by atoms with E-state index >= 15 is 0 Å². The van der Waals surface area contributed by atoms with Crippen molar-refractivity contribution in [3.8, 4) is 23.8 Å². The minimum atomic E-state index is -0.892. The Hall–Kier alpha value is -4.23. The van der Waals surface area contributed by atoms with Crippen LogP contribution in [0.15, 0.2) is 21.6 Å². The number of guanidine groups is 1. The van der Waals surface area contributed by atoms with E-state index in [1.165, 1.54) is 7.11 Å². The number of hydrogen-bond donors (Lipinski definition) is 4. The van der Waals surface area contributed by atoms with Crippen LogP contribution >= 0.6 is 15.9 Å². The lowest BCUT2D eigenvalue weighted by Gasteiger charge is -2.27. The summed E-state index contributed by atoms with van der Waals surface area (Å²) >= 11 is 3.47. The largest absolute Gasteiger partial charge is 0.490 e. The molecular weight excluding hydrogens is 508 g/mol. The van der Waals surface area contributed by atoms with E-state index < -0.39 is 18.1 Å². The second-order valence-electron chi connectivity index (χ2n) is 6.95. The number of nitrogens with zero attached hydrogens (tertiary/aromatic N) is 4. The Balaban J connectivity index is 2.19. The summed E-state index contributed by atoms with van der Waals surface area (Å²) in [6.45, 7) is 3.66. The second-order valence-corrected chi connectivity index (χ2v) is 7.80. The fourth-order valence-corrected chi connectivity index (χ4v) is 3.89. The van der Waals surface area contributed by atoms with Gasteiger partial charge in [0.1, 0.15) is 29.3 Å². The normalized spacial score (nSPS) is 14.9. The minimum absolute atomic E-state index is 0.0217. The maximum absolute atomic E-state index is 11.9. The van der Waals surface area contributed by atoms with Crippen molar-refractivity contribution in [2.24, 2.45) is 4.99 Å². The summed E-state index contributed by atoms with van der Waals surface area (Å²) in [7, 11) is 1.27. The number of nitrogen functional groups attached to an aromatic ring is 2. The molecule has 0 bridgehead atoms. The summed E-state index contributed by atoms with van der Waals surface area (Å²) in [5, 5.41) is 23.9. The van der Waals surface area contributed by atoms with Crippen LogP contribution in [0.2, 0.25) is 0 Å². The fraction of sp³-hybridized carbons (Fsp3) is 0.286. The third-order valence-electron chi connectivity index (χ3n) is 4.83. The van der Waals surface area contributed by atoms with Gasteiger partial charge in [0.2, 0.25) is 5.96 Å². The van der Waals surface area contributed by atoms with Crippen LogP contribution in [0.3, 0.4) is 0 Å². The van der Waals surface area contributed by atoms with E-state index in [9.17, 15) is 10.1 Å². The number of carbonyl (C=O) groups excluding carboxylic acids is 1. The number of halogens is 1. The average molecular weight is 529 g/mol. The van der Waals surface area contributed by atoms with Crippen LogP contribution < -0.4 is 31.6 Å². The molecule has 1 aromatic heterocycles. The number of pyridine rings is 1. The molecule has 0 saturated carbocycles. The molecule has 1 aliphatic rings. The average Bonchev–Trinajstić information content (AvgIpc) is 2.80. The van der Waals surface area contributed by atoms with Crippen molar-refractivity contribution in [1.82, 2.24) is 10.3 Å². The first kappa shape index (κ1) is 24.4. The number of methoxy groups -OCH3 is 1. The van der Waals surface area contributed by atoms with E-state index in [2.05, 4.69) is 36.5 Å². The number of fused-ring (bicyclic) bond motifs is 1. The highest BCUT2D eigenvalue weighted by atomic mass is 79.9. The van der Waals surface area contributed by atoms with Gasteiger partial charge >= 0.3 is 5.97 Å². The van der Waals surface area contributed by atoms with Crippen LogP contribution in [0, 0.1) is 22.8 Å². The van der Waals surface area contributed by atoms with E-state index in [4.69, 9.17) is 30.9 Å². The van der Waals surface area contributed by atoms with Gasteiger partial charge in [-0.2, -0.15) is 10.5 Å². The SMILES string of the molecule is CCOc1cc(C2N=C(NC#N)Nc3nc(N)c(C#N)c(N)c32)cc(Br)c1OC(C)C(=O)OC. The molecule has 2 atom stereocenters. The van der Waals surface area contributed by atoms with Crippen LogP contribution in [-0.4, -0.2) is 36.7 Å². The number of rotatable bonds is 6. The summed E-state index contributed by atoms with van der Waals surface area (Å²) in [6.07, 6.45) is 0.906. The number of benzene rings is 1. The highest BCUT2D eigenvalue weighted by Crippen LogP contribution is 2.45. The number of hydrogen-bond acceptors (Lipinski definition) is 12. The summed E-state index contributed by atoms with van der Waals surface area (Å²) in [6, 6.07) is 4.55. The Morgan fingerprint density at radius 2 is 2.12 bits per heavy atom. The lowest BCUT2D eigenvalue weighted by Crippen LogP contribution is -2.32. The standard InChI is InChI=1S/C21H21BrN8O4/c1-4-33-13-6-10(5-12(22)17(13)34-9(2)20(31)32-3)16-14-15(25)11(7-23)18(26)29-19(14)30-21(28-16)27-8-24/h5-6,9,16H,4H2,1-3H3,(H6,25,26,27,28,29,30). The second kappa shape index (κ2) is 10.1. The van der Waals surface area contributed by atoms with Gasteiger partial charge in [-0.1, -0.05) is 0 Å². The molecule has 0 saturated heterocycles. The molecule has 2 aromatic rings. The number of carbonyl (C=O) groups is 1. The number of ether oxygens (including phenoxy) is 3. The smallest absolute Gasteiger partial charge is 0.346 e. The molecule has 0 spiro atoms. The molecule has 34 heavy (non-hydrogen) atoms. The molecule has 2 heterocycles. The van der Waals surface area contributed by atoms with Gasteiger partial charge in [-0.15, -0.1) is 0 Å². The Morgan fingerprint density at radius 1 is 1.38 bits per heavy atom. The predicted octanol–water partition coefficient (Wildman–Crippen LogP) is 2.16. The maximum Gasteiger partial charge on any atom is 0.346 e. The number of aromatic nitrogens is 1. The monoisotopic (exact) mass is 528 g/mol.